The van der Waals surface area contributed by atoms with Gasteiger partial charge >= 0.3 is 0 Å². The Morgan fingerprint density at radius 1 is 1.24 bits per heavy atom. The van der Waals surface area contributed by atoms with Crippen LogP contribution in [0.4, 0.5) is 5.82 Å². The maximum absolute atomic E-state index is 5.64. The van der Waals surface area contributed by atoms with Crippen molar-refractivity contribution < 1.29 is 4.74 Å². The van der Waals surface area contributed by atoms with Crippen LogP contribution in [0.3, 0.4) is 0 Å². The fraction of sp³-hybridized carbons (Fsp3) is 0.688. The van der Waals surface area contributed by atoms with Gasteiger partial charge in [0.25, 0.3) is 0 Å². The summed E-state index contributed by atoms with van der Waals surface area (Å²) in [6.07, 6.45) is 1.87. The van der Waals surface area contributed by atoms with Gasteiger partial charge < -0.3 is 15.0 Å². The van der Waals surface area contributed by atoms with Crippen LogP contribution in [0.15, 0.2) is 24.4 Å². The molecule has 3 heterocycles. The van der Waals surface area contributed by atoms with Gasteiger partial charge in [-0.05, 0) is 18.7 Å². The van der Waals surface area contributed by atoms with Gasteiger partial charge in [-0.1, -0.05) is 13.0 Å². The molecule has 3 rings (SSSR count). The SMILES string of the molecule is CCNC1COCC1CN1CCN(c2ccccn2)CC1. The molecule has 0 aromatic carbocycles. The maximum atomic E-state index is 5.64. The Bertz CT molecular complexity index is 420. The lowest BCUT2D eigenvalue weighted by Crippen LogP contribution is -2.50. The minimum atomic E-state index is 0.531. The quantitative estimate of drug-likeness (QED) is 0.870. The molecule has 2 atom stereocenters. The highest BCUT2D eigenvalue weighted by Gasteiger charge is 2.30. The molecule has 2 fully saturated rings. The maximum Gasteiger partial charge on any atom is 0.128 e. The van der Waals surface area contributed by atoms with Gasteiger partial charge in [0.2, 0.25) is 0 Å². The van der Waals surface area contributed by atoms with E-state index in [1.165, 1.54) is 0 Å². The van der Waals surface area contributed by atoms with Crippen LogP contribution in [0.2, 0.25) is 0 Å². The first-order valence-corrected chi connectivity index (χ1v) is 8.06. The average Bonchev–Trinajstić information content (AvgIpc) is 2.96. The molecule has 0 amide bonds. The van der Waals surface area contributed by atoms with Crippen molar-refractivity contribution in [1.29, 1.82) is 0 Å². The van der Waals surface area contributed by atoms with Gasteiger partial charge in [-0.15, -0.1) is 0 Å². The Balaban J connectivity index is 1.47. The number of anilines is 1. The van der Waals surface area contributed by atoms with E-state index in [-0.39, 0.29) is 0 Å². The van der Waals surface area contributed by atoms with Crippen molar-refractivity contribution in [3.05, 3.63) is 24.4 Å². The Morgan fingerprint density at radius 3 is 2.81 bits per heavy atom. The highest BCUT2D eigenvalue weighted by Crippen LogP contribution is 2.18. The number of hydrogen-bond donors (Lipinski definition) is 1. The van der Waals surface area contributed by atoms with Crippen LogP contribution in [-0.4, -0.2) is 68.4 Å². The Morgan fingerprint density at radius 2 is 2.10 bits per heavy atom. The van der Waals surface area contributed by atoms with E-state index in [0.29, 0.717) is 12.0 Å². The van der Waals surface area contributed by atoms with E-state index in [1.54, 1.807) is 0 Å². The number of piperazine rings is 1. The fourth-order valence-corrected chi connectivity index (χ4v) is 3.30. The lowest BCUT2D eigenvalue weighted by Gasteiger charge is -2.37. The number of rotatable bonds is 5. The normalized spacial score (nSPS) is 27.2. The summed E-state index contributed by atoms with van der Waals surface area (Å²) in [4.78, 5) is 9.40. The van der Waals surface area contributed by atoms with Crippen LogP contribution >= 0.6 is 0 Å². The second-order valence-electron chi connectivity index (χ2n) is 5.94. The van der Waals surface area contributed by atoms with Crippen molar-refractivity contribution in [2.45, 2.75) is 13.0 Å². The summed E-state index contributed by atoms with van der Waals surface area (Å²) >= 11 is 0. The molecule has 2 unspecified atom stereocenters. The standard InChI is InChI=1S/C16H26N4O/c1-2-17-15-13-21-12-14(15)11-19-7-9-20(10-8-19)16-5-3-4-6-18-16/h3-6,14-15,17H,2,7-13H2,1H3. The van der Waals surface area contributed by atoms with Crippen molar-refractivity contribution in [2.75, 3.05) is 57.4 Å². The number of aromatic nitrogens is 1. The lowest BCUT2D eigenvalue weighted by atomic mass is 10.0. The van der Waals surface area contributed by atoms with Crippen LogP contribution in [-0.2, 0) is 4.74 Å². The van der Waals surface area contributed by atoms with Gasteiger partial charge in [0.1, 0.15) is 5.82 Å². The molecule has 2 aliphatic rings. The molecule has 0 radical (unpaired) electrons. The van der Waals surface area contributed by atoms with Gasteiger partial charge in [0.15, 0.2) is 0 Å². The third kappa shape index (κ3) is 3.73. The van der Waals surface area contributed by atoms with Gasteiger partial charge in [-0.25, -0.2) is 4.98 Å². The lowest BCUT2D eigenvalue weighted by molar-refractivity contribution is 0.164. The van der Waals surface area contributed by atoms with E-state index < -0.39 is 0 Å². The molecule has 0 bridgehead atoms. The average molecular weight is 290 g/mol. The highest BCUT2D eigenvalue weighted by atomic mass is 16.5. The van der Waals surface area contributed by atoms with Crippen molar-refractivity contribution in [3.8, 4) is 0 Å². The summed E-state index contributed by atoms with van der Waals surface area (Å²) in [6, 6.07) is 6.66. The van der Waals surface area contributed by atoms with E-state index in [2.05, 4.69) is 39.2 Å². The molecule has 2 aliphatic heterocycles. The molecule has 5 heteroatoms. The second-order valence-corrected chi connectivity index (χ2v) is 5.94. The van der Waals surface area contributed by atoms with Crippen LogP contribution in [0.5, 0.6) is 0 Å². The number of hydrogen-bond acceptors (Lipinski definition) is 5. The summed E-state index contributed by atoms with van der Waals surface area (Å²) in [5.41, 5.74) is 0. The Labute approximate surface area is 127 Å². The molecule has 1 aromatic heterocycles. The summed E-state index contributed by atoms with van der Waals surface area (Å²) < 4.78 is 5.64. The molecule has 116 valence electrons. The first-order chi connectivity index (χ1) is 10.4. The minimum absolute atomic E-state index is 0.531. The topological polar surface area (TPSA) is 40.6 Å². The van der Waals surface area contributed by atoms with Crippen LogP contribution in [0.25, 0.3) is 0 Å². The Hall–Kier alpha value is -1.17. The zero-order valence-electron chi connectivity index (χ0n) is 12.9. The zero-order valence-corrected chi connectivity index (χ0v) is 12.9. The van der Waals surface area contributed by atoms with Gasteiger partial charge in [-0.3, -0.25) is 4.90 Å². The van der Waals surface area contributed by atoms with E-state index in [4.69, 9.17) is 4.74 Å². The minimum Gasteiger partial charge on any atom is -0.379 e. The summed E-state index contributed by atoms with van der Waals surface area (Å²) in [5.74, 6) is 1.73. The van der Waals surface area contributed by atoms with Gasteiger partial charge in [-0.2, -0.15) is 0 Å². The Kier molecular flexibility index (Phi) is 5.06. The third-order valence-corrected chi connectivity index (χ3v) is 4.50. The van der Waals surface area contributed by atoms with E-state index in [0.717, 1.165) is 58.3 Å². The van der Waals surface area contributed by atoms with Gasteiger partial charge in [0, 0.05) is 50.9 Å². The largest absolute Gasteiger partial charge is 0.379 e. The number of ether oxygens (including phenoxy) is 1. The van der Waals surface area contributed by atoms with Gasteiger partial charge in [0.05, 0.1) is 13.2 Å². The van der Waals surface area contributed by atoms with Crippen molar-refractivity contribution in [2.24, 2.45) is 5.92 Å². The van der Waals surface area contributed by atoms with E-state index in [1.807, 2.05) is 12.3 Å². The van der Waals surface area contributed by atoms with Crippen molar-refractivity contribution in [1.82, 2.24) is 15.2 Å². The molecule has 0 spiro atoms. The fourth-order valence-electron chi connectivity index (χ4n) is 3.30. The molecule has 0 saturated carbocycles. The molecular formula is C16H26N4O. The van der Waals surface area contributed by atoms with E-state index in [9.17, 15) is 0 Å². The first kappa shape index (κ1) is 14.8. The molecular weight excluding hydrogens is 264 g/mol. The summed E-state index contributed by atoms with van der Waals surface area (Å²) in [6.45, 7) is 10.5. The van der Waals surface area contributed by atoms with Crippen LogP contribution < -0.4 is 10.2 Å². The van der Waals surface area contributed by atoms with Crippen LogP contribution in [0, 0.1) is 5.92 Å². The number of pyridine rings is 1. The molecule has 1 N–H and O–H groups in total. The van der Waals surface area contributed by atoms with Crippen molar-refractivity contribution in [3.63, 3.8) is 0 Å². The predicted molar refractivity (Wildman–Crippen MR) is 84.7 cm³/mol. The smallest absolute Gasteiger partial charge is 0.128 e. The molecule has 21 heavy (non-hydrogen) atoms. The second kappa shape index (κ2) is 7.20. The number of likely N-dealkylation sites (N-methyl/N-ethyl adjacent to an activating group) is 1. The number of nitrogens with zero attached hydrogens (tertiary/aromatic N) is 3. The van der Waals surface area contributed by atoms with Crippen molar-refractivity contribution >= 4 is 5.82 Å². The molecule has 1 aromatic rings. The van der Waals surface area contributed by atoms with E-state index >= 15 is 0 Å². The summed E-state index contributed by atoms with van der Waals surface area (Å²) in [5, 5.41) is 3.55. The molecule has 0 aliphatic carbocycles. The monoisotopic (exact) mass is 290 g/mol. The number of nitrogens with one attached hydrogen (secondary N) is 1. The summed E-state index contributed by atoms with van der Waals surface area (Å²) in [7, 11) is 0. The molecule has 5 nitrogen and oxygen atoms in total. The zero-order chi connectivity index (χ0) is 14.5. The third-order valence-electron chi connectivity index (χ3n) is 4.50. The van der Waals surface area contributed by atoms with Crippen LogP contribution in [0.1, 0.15) is 6.92 Å². The highest BCUT2D eigenvalue weighted by molar-refractivity contribution is 5.38. The predicted octanol–water partition coefficient (Wildman–Crippen LogP) is 0.828. The molecule has 2 saturated heterocycles. The first-order valence-electron chi connectivity index (χ1n) is 8.06.